The van der Waals surface area contributed by atoms with E-state index in [-0.39, 0.29) is 16.6 Å². The number of hydrogen-bond acceptors (Lipinski definition) is 3. The molecule has 0 unspecified atom stereocenters. The van der Waals surface area contributed by atoms with Gasteiger partial charge in [-0.15, -0.1) is 0 Å². The van der Waals surface area contributed by atoms with Crippen molar-refractivity contribution in [3.8, 4) is 0 Å². The summed E-state index contributed by atoms with van der Waals surface area (Å²) in [4.78, 5) is 12.4. The van der Waals surface area contributed by atoms with Crippen LogP contribution in [0.3, 0.4) is 0 Å². The van der Waals surface area contributed by atoms with Crippen molar-refractivity contribution in [2.75, 3.05) is 14.1 Å². The Hall–Kier alpha value is -1.20. The minimum atomic E-state index is -3.42. The fraction of sp³-hybridized carbons (Fsp3) is 0.500. The molecule has 1 aromatic carbocycles. The van der Waals surface area contributed by atoms with Crippen LogP contribution in [0.25, 0.3) is 0 Å². The summed E-state index contributed by atoms with van der Waals surface area (Å²) in [5, 5.41) is 0. The van der Waals surface area contributed by atoms with Gasteiger partial charge in [0.15, 0.2) is 5.78 Å². The van der Waals surface area contributed by atoms with E-state index in [4.69, 9.17) is 0 Å². The van der Waals surface area contributed by atoms with Crippen molar-refractivity contribution in [2.45, 2.75) is 30.6 Å². The van der Waals surface area contributed by atoms with Gasteiger partial charge in [0.05, 0.1) is 4.90 Å². The Morgan fingerprint density at radius 3 is 2.11 bits per heavy atom. The number of nitrogens with zero attached hydrogens (tertiary/aromatic N) is 1. The topological polar surface area (TPSA) is 54.5 Å². The van der Waals surface area contributed by atoms with Crippen LogP contribution >= 0.6 is 0 Å². The first-order chi connectivity index (χ1) is 8.93. The SMILES string of the molecule is CN(C)S(=O)(=O)c1ccc(C(=O)C2CCCC2)cc1. The van der Waals surface area contributed by atoms with Crippen molar-refractivity contribution in [2.24, 2.45) is 5.92 Å². The molecule has 1 aliphatic rings. The van der Waals surface area contributed by atoms with E-state index in [0.717, 1.165) is 25.7 Å². The molecule has 5 heteroatoms. The molecule has 0 saturated heterocycles. The molecule has 0 aromatic heterocycles. The third-order valence-corrected chi connectivity index (χ3v) is 5.47. The molecule has 1 fully saturated rings. The lowest BCUT2D eigenvalue weighted by molar-refractivity contribution is 0.0923. The molecule has 0 spiro atoms. The highest BCUT2D eigenvalue weighted by Crippen LogP contribution is 2.28. The van der Waals surface area contributed by atoms with E-state index in [1.54, 1.807) is 12.1 Å². The average molecular weight is 281 g/mol. The predicted molar refractivity (Wildman–Crippen MR) is 73.6 cm³/mol. The Labute approximate surface area is 114 Å². The largest absolute Gasteiger partial charge is 0.294 e. The van der Waals surface area contributed by atoms with Crippen molar-refractivity contribution in [3.63, 3.8) is 0 Å². The summed E-state index contributed by atoms with van der Waals surface area (Å²) in [6, 6.07) is 6.27. The first-order valence-electron chi connectivity index (χ1n) is 6.50. The van der Waals surface area contributed by atoms with Gasteiger partial charge < -0.3 is 0 Å². The van der Waals surface area contributed by atoms with Gasteiger partial charge in [-0.3, -0.25) is 4.79 Å². The van der Waals surface area contributed by atoms with Gasteiger partial charge in [0, 0.05) is 25.6 Å². The Kier molecular flexibility index (Phi) is 4.06. The maximum atomic E-state index is 12.2. The molecule has 104 valence electrons. The van der Waals surface area contributed by atoms with Crippen LogP contribution in [-0.2, 0) is 10.0 Å². The lowest BCUT2D eigenvalue weighted by Crippen LogP contribution is -2.22. The maximum absolute atomic E-state index is 12.2. The van der Waals surface area contributed by atoms with Crippen molar-refractivity contribution in [1.29, 1.82) is 0 Å². The second kappa shape index (κ2) is 5.43. The standard InChI is InChI=1S/C14H19NO3S/c1-15(2)19(17,18)13-9-7-12(8-10-13)14(16)11-5-3-4-6-11/h7-11H,3-6H2,1-2H3. The van der Waals surface area contributed by atoms with Crippen LogP contribution in [0.4, 0.5) is 0 Å². The van der Waals surface area contributed by atoms with Crippen LogP contribution in [0.15, 0.2) is 29.2 Å². The van der Waals surface area contributed by atoms with Crippen LogP contribution in [-0.4, -0.2) is 32.6 Å². The van der Waals surface area contributed by atoms with Crippen LogP contribution in [0.1, 0.15) is 36.0 Å². The van der Waals surface area contributed by atoms with E-state index in [2.05, 4.69) is 0 Å². The minimum Gasteiger partial charge on any atom is -0.294 e. The summed E-state index contributed by atoms with van der Waals surface area (Å²) < 4.78 is 25.0. The summed E-state index contributed by atoms with van der Waals surface area (Å²) in [6.07, 6.45) is 4.14. The molecule has 1 aromatic rings. The lowest BCUT2D eigenvalue weighted by Gasteiger charge is -2.12. The number of carbonyl (C=O) groups is 1. The van der Waals surface area contributed by atoms with Gasteiger partial charge in [-0.25, -0.2) is 12.7 Å². The van der Waals surface area contributed by atoms with Crippen molar-refractivity contribution >= 4 is 15.8 Å². The summed E-state index contributed by atoms with van der Waals surface area (Å²) in [6.45, 7) is 0. The van der Waals surface area contributed by atoms with E-state index in [0.29, 0.717) is 5.56 Å². The Bertz CT molecular complexity index is 555. The van der Waals surface area contributed by atoms with Gasteiger partial charge in [-0.1, -0.05) is 25.0 Å². The molecule has 0 aliphatic heterocycles. The van der Waals surface area contributed by atoms with Crippen molar-refractivity contribution < 1.29 is 13.2 Å². The first-order valence-corrected chi connectivity index (χ1v) is 7.94. The lowest BCUT2D eigenvalue weighted by atomic mass is 9.96. The summed E-state index contributed by atoms with van der Waals surface area (Å²) in [7, 11) is -0.430. The zero-order chi connectivity index (χ0) is 14.0. The normalized spacial score (nSPS) is 17.0. The van der Waals surface area contributed by atoms with Gasteiger partial charge in [-0.2, -0.15) is 0 Å². The van der Waals surface area contributed by atoms with Gasteiger partial charge in [0.25, 0.3) is 0 Å². The first kappa shape index (κ1) is 14.2. The fourth-order valence-corrected chi connectivity index (χ4v) is 3.33. The Morgan fingerprint density at radius 2 is 1.63 bits per heavy atom. The number of ketones is 1. The van der Waals surface area contributed by atoms with E-state index in [1.165, 1.54) is 30.5 Å². The third kappa shape index (κ3) is 2.87. The molecule has 2 rings (SSSR count). The van der Waals surface area contributed by atoms with E-state index in [9.17, 15) is 13.2 Å². The molecular formula is C14H19NO3S. The summed E-state index contributed by atoms with van der Waals surface area (Å²) in [5.41, 5.74) is 0.615. The van der Waals surface area contributed by atoms with Crippen molar-refractivity contribution in [1.82, 2.24) is 4.31 Å². The van der Waals surface area contributed by atoms with E-state index in [1.807, 2.05) is 0 Å². The average Bonchev–Trinajstić information content (AvgIpc) is 2.91. The number of Topliss-reactive ketones (excluding diaryl/α,β-unsaturated/α-hetero) is 1. The highest BCUT2D eigenvalue weighted by molar-refractivity contribution is 7.89. The zero-order valence-electron chi connectivity index (χ0n) is 11.3. The van der Waals surface area contributed by atoms with E-state index >= 15 is 0 Å². The molecular weight excluding hydrogens is 262 g/mol. The minimum absolute atomic E-state index is 0.122. The van der Waals surface area contributed by atoms with Gasteiger partial charge in [0.1, 0.15) is 0 Å². The molecule has 19 heavy (non-hydrogen) atoms. The number of sulfonamides is 1. The molecule has 0 radical (unpaired) electrons. The molecule has 1 saturated carbocycles. The molecule has 0 bridgehead atoms. The second-order valence-corrected chi connectivity index (χ2v) is 7.31. The highest BCUT2D eigenvalue weighted by Gasteiger charge is 2.24. The fourth-order valence-electron chi connectivity index (χ4n) is 2.43. The van der Waals surface area contributed by atoms with Gasteiger partial charge in [-0.05, 0) is 25.0 Å². The molecule has 0 atom stereocenters. The smallest absolute Gasteiger partial charge is 0.242 e. The summed E-state index contributed by atoms with van der Waals surface area (Å²) in [5.74, 6) is 0.266. The van der Waals surface area contributed by atoms with Crippen molar-refractivity contribution in [3.05, 3.63) is 29.8 Å². The molecule has 0 N–H and O–H groups in total. The molecule has 0 heterocycles. The monoisotopic (exact) mass is 281 g/mol. The predicted octanol–water partition coefficient (Wildman–Crippen LogP) is 2.31. The molecule has 1 aliphatic carbocycles. The zero-order valence-corrected chi connectivity index (χ0v) is 12.1. The van der Waals surface area contributed by atoms with Gasteiger partial charge >= 0.3 is 0 Å². The quantitative estimate of drug-likeness (QED) is 0.796. The Balaban J connectivity index is 2.21. The van der Waals surface area contributed by atoms with Crippen LogP contribution in [0, 0.1) is 5.92 Å². The van der Waals surface area contributed by atoms with E-state index < -0.39 is 10.0 Å². The van der Waals surface area contributed by atoms with Crippen LogP contribution in [0.5, 0.6) is 0 Å². The number of hydrogen-bond donors (Lipinski definition) is 0. The Morgan fingerprint density at radius 1 is 1.11 bits per heavy atom. The molecule has 4 nitrogen and oxygen atoms in total. The summed E-state index contributed by atoms with van der Waals surface area (Å²) >= 11 is 0. The third-order valence-electron chi connectivity index (χ3n) is 3.64. The number of rotatable bonds is 4. The van der Waals surface area contributed by atoms with Crippen LogP contribution in [0.2, 0.25) is 0 Å². The van der Waals surface area contributed by atoms with Gasteiger partial charge in [0.2, 0.25) is 10.0 Å². The second-order valence-electron chi connectivity index (χ2n) is 5.16. The van der Waals surface area contributed by atoms with Crippen LogP contribution < -0.4 is 0 Å². The highest BCUT2D eigenvalue weighted by atomic mass is 32.2. The number of carbonyl (C=O) groups excluding carboxylic acids is 1. The number of benzene rings is 1. The maximum Gasteiger partial charge on any atom is 0.242 e. The molecule has 0 amide bonds.